The number of hydrogen-bond donors (Lipinski definition) is 2. The van der Waals surface area contributed by atoms with E-state index in [1.165, 1.54) is 49.4 Å². The van der Waals surface area contributed by atoms with Crippen molar-refractivity contribution in [2.45, 2.75) is 11.8 Å². The Morgan fingerprint density at radius 2 is 1.62 bits per heavy atom. The molecule has 0 aliphatic rings. The molecule has 138 valence electrons. The maximum Gasteiger partial charge on any atom is 0.324 e. The molecule has 0 heterocycles. The highest BCUT2D eigenvalue weighted by atomic mass is 35.5. The molecule has 0 saturated heterocycles. The van der Waals surface area contributed by atoms with Crippen LogP contribution in [-0.4, -0.2) is 31.9 Å². The normalized spacial score (nSPS) is 11.0. The average molecular weight is 417 g/mol. The number of sulfonamides is 1. The van der Waals surface area contributed by atoms with Crippen molar-refractivity contribution < 1.29 is 23.1 Å². The molecule has 0 saturated carbocycles. The lowest BCUT2D eigenvalue weighted by atomic mass is 10.3. The van der Waals surface area contributed by atoms with Gasteiger partial charge in [0, 0.05) is 22.7 Å². The Hall–Kier alpha value is -2.29. The molecule has 7 nitrogen and oxygen atoms in total. The summed E-state index contributed by atoms with van der Waals surface area (Å²) in [6, 6.07) is 9.35. The van der Waals surface area contributed by atoms with E-state index in [9.17, 15) is 18.0 Å². The standard InChI is InChI=1S/C16H14Cl2N2O5S/c1-10(21)19-13-2-4-15(5-3-13)26(24,25)20(9-16(22)23)14-7-11(17)6-12(18)8-14/h2-8H,9H2,1H3,(H,19,21)(H,22,23). The van der Waals surface area contributed by atoms with E-state index >= 15 is 0 Å². The van der Waals surface area contributed by atoms with Crippen LogP contribution in [0.1, 0.15) is 6.92 Å². The number of aliphatic carboxylic acids is 1. The number of anilines is 2. The molecule has 0 spiro atoms. The summed E-state index contributed by atoms with van der Waals surface area (Å²) in [5, 5.41) is 12.0. The first kappa shape index (κ1) is 20.0. The molecule has 10 heteroatoms. The first-order valence-corrected chi connectivity index (χ1v) is 9.37. The number of nitrogens with one attached hydrogen (secondary N) is 1. The number of carbonyl (C=O) groups is 2. The number of halogens is 2. The molecule has 0 radical (unpaired) electrons. The number of hydrogen-bond acceptors (Lipinski definition) is 4. The molecule has 2 aromatic carbocycles. The highest BCUT2D eigenvalue weighted by Gasteiger charge is 2.27. The van der Waals surface area contributed by atoms with Crippen molar-refractivity contribution in [1.29, 1.82) is 0 Å². The fourth-order valence-electron chi connectivity index (χ4n) is 2.16. The summed E-state index contributed by atoms with van der Waals surface area (Å²) < 4.78 is 26.5. The van der Waals surface area contributed by atoms with Gasteiger partial charge in [0.2, 0.25) is 5.91 Å². The SMILES string of the molecule is CC(=O)Nc1ccc(S(=O)(=O)N(CC(=O)O)c2cc(Cl)cc(Cl)c2)cc1. The minimum atomic E-state index is -4.21. The fraction of sp³-hybridized carbons (Fsp3) is 0.125. The van der Waals surface area contributed by atoms with E-state index in [2.05, 4.69) is 5.32 Å². The van der Waals surface area contributed by atoms with Gasteiger partial charge in [0.15, 0.2) is 0 Å². The highest BCUT2D eigenvalue weighted by Crippen LogP contribution is 2.30. The monoisotopic (exact) mass is 416 g/mol. The molecule has 2 aromatic rings. The van der Waals surface area contributed by atoms with Gasteiger partial charge in [-0.05, 0) is 42.5 Å². The second-order valence-electron chi connectivity index (χ2n) is 5.24. The van der Waals surface area contributed by atoms with E-state index in [1.54, 1.807) is 0 Å². The highest BCUT2D eigenvalue weighted by molar-refractivity contribution is 7.92. The van der Waals surface area contributed by atoms with Gasteiger partial charge in [0.05, 0.1) is 10.6 Å². The zero-order chi connectivity index (χ0) is 19.5. The molecule has 1 amide bonds. The lowest BCUT2D eigenvalue weighted by Gasteiger charge is -2.23. The molecule has 0 aliphatic carbocycles. The second-order valence-corrected chi connectivity index (χ2v) is 7.97. The minimum absolute atomic E-state index is 0.0239. The molecule has 0 unspecified atom stereocenters. The van der Waals surface area contributed by atoms with Gasteiger partial charge in [0.1, 0.15) is 6.54 Å². The van der Waals surface area contributed by atoms with Crippen molar-refractivity contribution in [2.75, 3.05) is 16.2 Å². The predicted octanol–water partition coefficient (Wildman–Crippen LogP) is 3.23. The van der Waals surface area contributed by atoms with Crippen LogP contribution in [-0.2, 0) is 19.6 Å². The van der Waals surface area contributed by atoms with E-state index in [1.807, 2.05) is 0 Å². The van der Waals surface area contributed by atoms with E-state index in [0.29, 0.717) is 9.99 Å². The van der Waals surface area contributed by atoms with Crippen LogP contribution in [0.25, 0.3) is 0 Å². The Kier molecular flexibility index (Phi) is 6.12. The molecule has 0 bridgehead atoms. The van der Waals surface area contributed by atoms with Gasteiger partial charge in [-0.15, -0.1) is 0 Å². The van der Waals surface area contributed by atoms with Crippen LogP contribution >= 0.6 is 23.2 Å². The van der Waals surface area contributed by atoms with Crippen molar-refractivity contribution in [3.8, 4) is 0 Å². The summed E-state index contributed by atoms with van der Waals surface area (Å²) in [5.74, 6) is -1.65. The summed E-state index contributed by atoms with van der Waals surface area (Å²) in [5.41, 5.74) is 0.433. The van der Waals surface area contributed by atoms with Gasteiger partial charge >= 0.3 is 5.97 Å². The number of amides is 1. The second kappa shape index (κ2) is 7.94. The van der Waals surface area contributed by atoms with Crippen LogP contribution in [0.5, 0.6) is 0 Å². The third-order valence-electron chi connectivity index (χ3n) is 3.18. The Morgan fingerprint density at radius 1 is 1.08 bits per heavy atom. The first-order valence-electron chi connectivity index (χ1n) is 7.18. The summed E-state index contributed by atoms with van der Waals surface area (Å²) in [6.45, 7) is 0.509. The molecule has 0 aliphatic heterocycles. The summed E-state index contributed by atoms with van der Waals surface area (Å²) in [6.07, 6.45) is 0. The first-order chi connectivity index (χ1) is 12.1. The molecule has 2 N–H and O–H groups in total. The Labute approximate surface area is 160 Å². The Bertz CT molecular complexity index is 925. The maximum absolute atomic E-state index is 12.9. The fourth-order valence-corrected chi connectivity index (χ4v) is 4.07. The predicted molar refractivity (Wildman–Crippen MR) is 99.4 cm³/mol. The van der Waals surface area contributed by atoms with Gasteiger partial charge in [0.25, 0.3) is 10.0 Å². The zero-order valence-corrected chi connectivity index (χ0v) is 15.8. The van der Waals surface area contributed by atoms with Gasteiger partial charge in [-0.2, -0.15) is 0 Å². The van der Waals surface area contributed by atoms with Crippen LogP contribution in [0.15, 0.2) is 47.4 Å². The molecule has 0 fully saturated rings. The van der Waals surface area contributed by atoms with Gasteiger partial charge < -0.3 is 10.4 Å². The minimum Gasteiger partial charge on any atom is -0.480 e. The molecule has 0 aromatic heterocycles. The van der Waals surface area contributed by atoms with E-state index < -0.39 is 22.5 Å². The van der Waals surface area contributed by atoms with Crippen molar-refractivity contribution in [3.63, 3.8) is 0 Å². The smallest absolute Gasteiger partial charge is 0.324 e. The van der Waals surface area contributed by atoms with Crippen LogP contribution in [0, 0.1) is 0 Å². The summed E-state index contributed by atoms with van der Waals surface area (Å²) >= 11 is 11.8. The molecule has 0 atom stereocenters. The van der Waals surface area contributed by atoms with E-state index in [4.69, 9.17) is 28.3 Å². The van der Waals surface area contributed by atoms with Gasteiger partial charge in [-0.25, -0.2) is 8.42 Å². The zero-order valence-electron chi connectivity index (χ0n) is 13.4. The number of carboxylic acids is 1. The number of benzene rings is 2. The van der Waals surface area contributed by atoms with Crippen molar-refractivity contribution in [3.05, 3.63) is 52.5 Å². The quantitative estimate of drug-likeness (QED) is 0.751. The van der Waals surface area contributed by atoms with Crippen molar-refractivity contribution >= 4 is 56.5 Å². The third-order valence-corrected chi connectivity index (χ3v) is 5.40. The summed E-state index contributed by atoms with van der Waals surface area (Å²) in [4.78, 5) is 22.1. The Balaban J connectivity index is 2.48. The molecular weight excluding hydrogens is 403 g/mol. The molecular formula is C16H14Cl2N2O5S. The van der Waals surface area contributed by atoms with Gasteiger partial charge in [-0.1, -0.05) is 23.2 Å². The van der Waals surface area contributed by atoms with E-state index in [-0.39, 0.29) is 26.5 Å². The number of carboxylic acid groups (broad SMARTS) is 1. The number of nitrogens with zero attached hydrogens (tertiary/aromatic N) is 1. The van der Waals surface area contributed by atoms with Crippen molar-refractivity contribution in [1.82, 2.24) is 0 Å². The van der Waals surface area contributed by atoms with Crippen LogP contribution in [0.2, 0.25) is 10.0 Å². The third kappa shape index (κ3) is 4.87. The number of carbonyl (C=O) groups excluding carboxylic acids is 1. The topological polar surface area (TPSA) is 104 Å². The Morgan fingerprint density at radius 3 is 2.08 bits per heavy atom. The van der Waals surface area contributed by atoms with Crippen LogP contribution in [0.3, 0.4) is 0 Å². The summed E-state index contributed by atoms with van der Waals surface area (Å²) in [7, 11) is -4.21. The average Bonchev–Trinajstić information content (AvgIpc) is 2.51. The van der Waals surface area contributed by atoms with Gasteiger partial charge in [-0.3, -0.25) is 13.9 Å². The maximum atomic E-state index is 12.9. The van der Waals surface area contributed by atoms with Crippen LogP contribution in [0.4, 0.5) is 11.4 Å². The molecule has 26 heavy (non-hydrogen) atoms. The van der Waals surface area contributed by atoms with Crippen LogP contribution < -0.4 is 9.62 Å². The lowest BCUT2D eigenvalue weighted by Crippen LogP contribution is -2.35. The van der Waals surface area contributed by atoms with Crippen molar-refractivity contribution in [2.24, 2.45) is 0 Å². The molecule has 2 rings (SSSR count). The lowest BCUT2D eigenvalue weighted by molar-refractivity contribution is -0.135. The van der Waals surface area contributed by atoms with E-state index in [0.717, 1.165) is 0 Å². The number of rotatable bonds is 6. The largest absolute Gasteiger partial charge is 0.480 e.